The van der Waals surface area contributed by atoms with E-state index in [4.69, 9.17) is 9.47 Å². The number of amides is 2. The zero-order valence-electron chi connectivity index (χ0n) is 15.5. The van der Waals surface area contributed by atoms with Gasteiger partial charge in [-0.15, -0.1) is 0 Å². The smallest absolute Gasteiger partial charge is 0.418 e. The largest absolute Gasteiger partial charge is 0.467 e. The van der Waals surface area contributed by atoms with Crippen molar-refractivity contribution in [3.63, 3.8) is 0 Å². The number of para-hydroxylation sites is 1. The molecule has 29 heavy (non-hydrogen) atoms. The summed E-state index contributed by atoms with van der Waals surface area (Å²) in [4.78, 5) is 25.7. The van der Waals surface area contributed by atoms with Crippen LogP contribution in [0.2, 0.25) is 0 Å². The van der Waals surface area contributed by atoms with Crippen molar-refractivity contribution >= 4 is 17.7 Å². The summed E-state index contributed by atoms with van der Waals surface area (Å²) in [7, 11) is 1.26. The van der Waals surface area contributed by atoms with Gasteiger partial charge in [-0.2, -0.15) is 13.2 Å². The van der Waals surface area contributed by atoms with Crippen LogP contribution in [0.4, 0.5) is 23.7 Å². The Bertz CT molecular complexity index is 1010. The van der Waals surface area contributed by atoms with E-state index in [1.54, 1.807) is 19.1 Å². The fourth-order valence-electron chi connectivity index (χ4n) is 3.89. The molecule has 2 aromatic rings. The third kappa shape index (κ3) is 3.06. The number of alkyl halides is 3. The zero-order valence-corrected chi connectivity index (χ0v) is 15.5. The van der Waals surface area contributed by atoms with Gasteiger partial charge in [0.2, 0.25) is 0 Å². The molecule has 2 aliphatic heterocycles. The van der Waals surface area contributed by atoms with Gasteiger partial charge < -0.3 is 14.8 Å². The monoisotopic (exact) mass is 406 g/mol. The van der Waals surface area contributed by atoms with E-state index in [-0.39, 0.29) is 17.7 Å². The predicted molar refractivity (Wildman–Crippen MR) is 96.6 cm³/mol. The average Bonchev–Trinajstić information content (AvgIpc) is 2.66. The molecule has 0 aromatic heterocycles. The molecule has 1 N–H and O–H groups in total. The van der Waals surface area contributed by atoms with Crippen LogP contribution in [0.15, 0.2) is 42.5 Å². The number of esters is 1. The summed E-state index contributed by atoms with van der Waals surface area (Å²) in [6.45, 7) is 1.57. The van der Waals surface area contributed by atoms with E-state index in [1.165, 1.54) is 31.4 Å². The second kappa shape index (κ2) is 6.40. The van der Waals surface area contributed by atoms with E-state index in [2.05, 4.69) is 5.32 Å². The highest BCUT2D eigenvalue weighted by molar-refractivity contribution is 5.96. The number of fused-ring (bicyclic) bond motifs is 4. The highest BCUT2D eigenvalue weighted by Gasteiger charge is 2.51. The first-order chi connectivity index (χ1) is 13.6. The van der Waals surface area contributed by atoms with E-state index < -0.39 is 35.5 Å². The van der Waals surface area contributed by atoms with Crippen LogP contribution in [0, 0.1) is 0 Å². The summed E-state index contributed by atoms with van der Waals surface area (Å²) in [5.74, 6) is -0.158. The van der Waals surface area contributed by atoms with Crippen LogP contribution in [0.25, 0.3) is 0 Å². The van der Waals surface area contributed by atoms with Crippen LogP contribution in [0.1, 0.15) is 40.9 Å². The fraction of sp³-hybridized carbons (Fsp3) is 0.300. The van der Waals surface area contributed by atoms with Gasteiger partial charge in [0.25, 0.3) is 0 Å². The Hall–Kier alpha value is -3.23. The summed E-state index contributed by atoms with van der Waals surface area (Å²) in [6.07, 6.45) is -4.44. The van der Waals surface area contributed by atoms with Gasteiger partial charge in [-0.3, -0.25) is 4.90 Å². The van der Waals surface area contributed by atoms with Crippen molar-refractivity contribution in [1.29, 1.82) is 0 Å². The number of methoxy groups -OCH3 is 1. The number of urea groups is 1. The molecule has 1 fully saturated rings. The first-order valence-corrected chi connectivity index (χ1v) is 8.82. The van der Waals surface area contributed by atoms with Crippen LogP contribution in [-0.2, 0) is 10.9 Å². The van der Waals surface area contributed by atoms with Gasteiger partial charge in [-0.25, -0.2) is 9.59 Å². The Morgan fingerprint density at radius 1 is 1.28 bits per heavy atom. The van der Waals surface area contributed by atoms with Crippen molar-refractivity contribution in [3.8, 4) is 5.75 Å². The van der Waals surface area contributed by atoms with E-state index in [1.807, 2.05) is 0 Å². The second-order valence-electron chi connectivity index (χ2n) is 7.08. The lowest BCUT2D eigenvalue weighted by molar-refractivity contribution is -0.137. The van der Waals surface area contributed by atoms with E-state index in [0.29, 0.717) is 11.3 Å². The first-order valence-electron chi connectivity index (χ1n) is 8.82. The predicted octanol–water partition coefficient (Wildman–Crippen LogP) is 4.26. The molecule has 2 aromatic carbocycles. The van der Waals surface area contributed by atoms with Crippen LogP contribution < -0.4 is 15.0 Å². The number of ether oxygens (including phenoxy) is 2. The minimum absolute atomic E-state index is 0.197. The lowest BCUT2D eigenvalue weighted by Gasteiger charge is -2.51. The fourth-order valence-corrected chi connectivity index (χ4v) is 3.89. The maximum absolute atomic E-state index is 13.5. The molecule has 2 aliphatic rings. The van der Waals surface area contributed by atoms with Crippen molar-refractivity contribution < 1.29 is 32.2 Å². The highest BCUT2D eigenvalue weighted by atomic mass is 19.4. The van der Waals surface area contributed by atoms with E-state index >= 15 is 0 Å². The van der Waals surface area contributed by atoms with Crippen LogP contribution in [0.5, 0.6) is 5.75 Å². The van der Waals surface area contributed by atoms with Gasteiger partial charge in [0.15, 0.2) is 5.72 Å². The molecule has 0 saturated carbocycles. The minimum atomic E-state index is -4.63. The summed E-state index contributed by atoms with van der Waals surface area (Å²) in [6, 6.07) is 8.26. The number of hydrogen-bond acceptors (Lipinski definition) is 4. The summed E-state index contributed by atoms with van der Waals surface area (Å²) < 4.78 is 51.3. The number of benzene rings is 2. The lowest BCUT2D eigenvalue weighted by atomic mass is 9.89. The molecule has 1 saturated heterocycles. The van der Waals surface area contributed by atoms with Gasteiger partial charge in [-0.05, 0) is 37.3 Å². The van der Waals surface area contributed by atoms with Crippen LogP contribution >= 0.6 is 0 Å². The second-order valence-corrected chi connectivity index (χ2v) is 7.08. The van der Waals surface area contributed by atoms with Gasteiger partial charge in [-0.1, -0.05) is 12.1 Å². The van der Waals surface area contributed by atoms with Gasteiger partial charge in [0.05, 0.1) is 30.0 Å². The molecule has 0 aliphatic carbocycles. The average molecular weight is 406 g/mol. The van der Waals surface area contributed by atoms with Gasteiger partial charge >= 0.3 is 18.2 Å². The molecule has 152 valence electrons. The molecule has 0 unspecified atom stereocenters. The Kier molecular flexibility index (Phi) is 4.21. The van der Waals surface area contributed by atoms with Crippen molar-refractivity contribution in [3.05, 3.63) is 59.2 Å². The standard InChI is InChI=1S/C20H17F3N2O4/c1-19-10-14(12-9-11(17(26)28-2)7-8-16(12)29-19)24-18(27)25(19)15-6-4-3-5-13(15)20(21,22)23/h3-9,14H,10H2,1-2H3,(H,24,27)/t14-,19-/m0/s1. The van der Waals surface area contributed by atoms with E-state index in [9.17, 15) is 22.8 Å². The van der Waals surface area contributed by atoms with Crippen LogP contribution in [-0.4, -0.2) is 24.8 Å². The number of hydrogen-bond donors (Lipinski definition) is 1. The van der Waals surface area contributed by atoms with Crippen molar-refractivity contribution in [2.45, 2.75) is 31.3 Å². The number of carbonyl (C=O) groups is 2. The van der Waals surface area contributed by atoms with Gasteiger partial charge in [0.1, 0.15) is 5.75 Å². The first kappa shape index (κ1) is 19.1. The number of anilines is 1. The van der Waals surface area contributed by atoms with Crippen LogP contribution in [0.3, 0.4) is 0 Å². The molecule has 9 heteroatoms. The molecule has 2 amide bonds. The minimum Gasteiger partial charge on any atom is -0.467 e. The molecular formula is C20H17F3N2O4. The summed E-state index contributed by atoms with van der Waals surface area (Å²) in [5, 5.41) is 2.73. The number of nitrogens with zero attached hydrogens (tertiary/aromatic N) is 1. The van der Waals surface area contributed by atoms with Gasteiger partial charge in [0, 0.05) is 12.0 Å². The van der Waals surface area contributed by atoms with Crippen molar-refractivity contribution in [1.82, 2.24) is 5.32 Å². The maximum atomic E-state index is 13.5. The Labute approximate surface area is 164 Å². The molecule has 2 atom stereocenters. The van der Waals surface area contributed by atoms with E-state index in [0.717, 1.165) is 11.0 Å². The number of nitrogens with one attached hydrogen (secondary N) is 1. The lowest BCUT2D eigenvalue weighted by Crippen LogP contribution is -2.65. The Balaban J connectivity index is 1.79. The third-order valence-corrected chi connectivity index (χ3v) is 5.14. The molecular weight excluding hydrogens is 389 g/mol. The molecule has 0 radical (unpaired) electrons. The topological polar surface area (TPSA) is 67.9 Å². The molecule has 2 bridgehead atoms. The number of halogens is 3. The molecule has 6 nitrogen and oxygen atoms in total. The third-order valence-electron chi connectivity index (χ3n) is 5.14. The Morgan fingerprint density at radius 2 is 2.00 bits per heavy atom. The highest BCUT2D eigenvalue weighted by Crippen LogP contribution is 2.48. The quantitative estimate of drug-likeness (QED) is 0.757. The van der Waals surface area contributed by atoms with Crippen molar-refractivity contribution in [2.75, 3.05) is 12.0 Å². The zero-order chi connectivity index (χ0) is 21.0. The molecule has 4 rings (SSSR count). The Morgan fingerprint density at radius 3 is 2.69 bits per heavy atom. The number of rotatable bonds is 2. The summed E-state index contributed by atoms with van der Waals surface area (Å²) >= 11 is 0. The molecule has 2 heterocycles. The SMILES string of the molecule is COC(=O)c1ccc2c(c1)[C@@H]1C[C@](C)(O2)N(c2ccccc2C(F)(F)F)C(=O)N1. The molecule has 0 spiro atoms. The number of carbonyl (C=O) groups excluding carboxylic acids is 2. The normalized spacial score (nSPS) is 23.0. The van der Waals surface area contributed by atoms with Crippen molar-refractivity contribution in [2.24, 2.45) is 0 Å². The maximum Gasteiger partial charge on any atom is 0.418 e. The summed E-state index contributed by atoms with van der Waals surface area (Å²) in [5.41, 5.74) is -1.69.